The van der Waals surface area contributed by atoms with E-state index in [-0.39, 0.29) is 5.91 Å². The van der Waals surface area contributed by atoms with Crippen LogP contribution < -0.4 is 16.0 Å². The van der Waals surface area contributed by atoms with E-state index in [1.54, 1.807) is 6.20 Å². The van der Waals surface area contributed by atoms with Crippen LogP contribution in [0.1, 0.15) is 26.7 Å². The van der Waals surface area contributed by atoms with E-state index in [1.165, 1.54) is 0 Å². The molecule has 0 bridgehead atoms. The van der Waals surface area contributed by atoms with Crippen molar-refractivity contribution >= 4 is 17.4 Å². The summed E-state index contributed by atoms with van der Waals surface area (Å²) in [6, 6.07) is 3.78. The average molecular weight is 248 g/mol. The van der Waals surface area contributed by atoms with Crippen LogP contribution in [0.2, 0.25) is 0 Å². The van der Waals surface area contributed by atoms with Gasteiger partial charge in [-0.3, -0.25) is 4.79 Å². The van der Waals surface area contributed by atoms with E-state index >= 15 is 0 Å². The van der Waals surface area contributed by atoms with Gasteiger partial charge in [-0.2, -0.15) is 0 Å². The molecule has 1 aromatic rings. The van der Waals surface area contributed by atoms with E-state index in [4.69, 9.17) is 5.73 Å². The molecular formula is C13H20N4O. The molecule has 5 nitrogen and oxygen atoms in total. The molecule has 98 valence electrons. The highest BCUT2D eigenvalue weighted by molar-refractivity contribution is 5.99. The predicted octanol–water partition coefficient (Wildman–Crippen LogP) is 1.36. The SMILES string of the molecule is CCN(CC)c1ccc(NC(=O)C2(N)CC2)cn1. The highest BCUT2D eigenvalue weighted by Gasteiger charge is 2.45. The minimum absolute atomic E-state index is 0.111. The van der Waals surface area contributed by atoms with Gasteiger partial charge in [0.25, 0.3) is 0 Å². The fourth-order valence-electron chi connectivity index (χ4n) is 1.81. The van der Waals surface area contributed by atoms with Gasteiger partial charge in [-0.1, -0.05) is 0 Å². The molecule has 1 aromatic heterocycles. The van der Waals surface area contributed by atoms with Crippen LogP contribution in [0.5, 0.6) is 0 Å². The van der Waals surface area contributed by atoms with Crippen molar-refractivity contribution in [2.24, 2.45) is 5.73 Å². The van der Waals surface area contributed by atoms with Crippen LogP contribution in [0.25, 0.3) is 0 Å². The molecule has 0 radical (unpaired) electrons. The summed E-state index contributed by atoms with van der Waals surface area (Å²) in [6.07, 6.45) is 3.21. The number of rotatable bonds is 5. The molecule has 18 heavy (non-hydrogen) atoms. The lowest BCUT2D eigenvalue weighted by atomic mass is 10.2. The minimum Gasteiger partial charge on any atom is -0.357 e. The number of amides is 1. The smallest absolute Gasteiger partial charge is 0.244 e. The number of carbonyl (C=O) groups excluding carboxylic acids is 1. The molecule has 1 amide bonds. The van der Waals surface area contributed by atoms with E-state index in [0.717, 1.165) is 31.7 Å². The van der Waals surface area contributed by atoms with Crippen LogP contribution in [0, 0.1) is 0 Å². The van der Waals surface area contributed by atoms with Gasteiger partial charge in [-0.25, -0.2) is 4.98 Å². The highest BCUT2D eigenvalue weighted by Crippen LogP contribution is 2.33. The van der Waals surface area contributed by atoms with E-state index < -0.39 is 5.54 Å². The van der Waals surface area contributed by atoms with Gasteiger partial charge in [0.15, 0.2) is 0 Å². The third kappa shape index (κ3) is 2.61. The first-order valence-electron chi connectivity index (χ1n) is 6.40. The Hall–Kier alpha value is -1.62. The van der Waals surface area contributed by atoms with Crippen molar-refractivity contribution < 1.29 is 4.79 Å². The monoisotopic (exact) mass is 248 g/mol. The van der Waals surface area contributed by atoms with Crippen LogP contribution in [0.15, 0.2) is 18.3 Å². The first-order chi connectivity index (χ1) is 8.59. The predicted molar refractivity (Wildman–Crippen MR) is 72.6 cm³/mol. The third-order valence-electron chi connectivity index (χ3n) is 3.33. The van der Waals surface area contributed by atoms with Crippen LogP contribution in [0.4, 0.5) is 11.5 Å². The van der Waals surface area contributed by atoms with Crippen LogP contribution in [0.3, 0.4) is 0 Å². The lowest BCUT2D eigenvalue weighted by Gasteiger charge is -2.19. The first-order valence-corrected chi connectivity index (χ1v) is 6.40. The van der Waals surface area contributed by atoms with Gasteiger partial charge in [0.1, 0.15) is 5.82 Å². The Balaban J connectivity index is 2.01. The topological polar surface area (TPSA) is 71.2 Å². The van der Waals surface area contributed by atoms with Gasteiger partial charge in [-0.15, -0.1) is 0 Å². The van der Waals surface area contributed by atoms with Crippen molar-refractivity contribution in [1.82, 2.24) is 4.98 Å². The van der Waals surface area contributed by atoms with Crippen LogP contribution >= 0.6 is 0 Å². The van der Waals surface area contributed by atoms with Crippen LogP contribution in [-0.4, -0.2) is 29.5 Å². The molecule has 0 saturated heterocycles. The molecule has 2 rings (SSSR count). The summed E-state index contributed by atoms with van der Waals surface area (Å²) in [6.45, 7) is 6.01. The number of carbonyl (C=O) groups is 1. The molecule has 1 aliphatic rings. The van der Waals surface area contributed by atoms with Gasteiger partial charge < -0.3 is 16.0 Å². The van der Waals surface area contributed by atoms with Gasteiger partial charge >= 0.3 is 0 Å². The van der Waals surface area contributed by atoms with Gasteiger partial charge in [-0.05, 0) is 38.8 Å². The number of aromatic nitrogens is 1. The van der Waals surface area contributed by atoms with Crippen molar-refractivity contribution in [3.05, 3.63) is 18.3 Å². The third-order valence-corrected chi connectivity index (χ3v) is 3.33. The Morgan fingerprint density at radius 3 is 2.56 bits per heavy atom. The molecule has 1 saturated carbocycles. The number of nitrogens with one attached hydrogen (secondary N) is 1. The lowest BCUT2D eigenvalue weighted by Crippen LogP contribution is -2.37. The largest absolute Gasteiger partial charge is 0.357 e. The minimum atomic E-state index is -0.641. The van der Waals surface area contributed by atoms with E-state index in [9.17, 15) is 4.79 Å². The van der Waals surface area contributed by atoms with E-state index in [2.05, 4.69) is 29.0 Å². The van der Waals surface area contributed by atoms with Crippen molar-refractivity contribution in [2.45, 2.75) is 32.2 Å². The molecule has 5 heteroatoms. The van der Waals surface area contributed by atoms with Crippen molar-refractivity contribution in [1.29, 1.82) is 0 Å². The van der Waals surface area contributed by atoms with Crippen molar-refractivity contribution in [2.75, 3.05) is 23.3 Å². The molecular weight excluding hydrogens is 228 g/mol. The molecule has 3 N–H and O–H groups in total. The molecule has 0 atom stereocenters. The Labute approximate surface area is 107 Å². The van der Waals surface area contributed by atoms with Gasteiger partial charge in [0.05, 0.1) is 17.4 Å². The quantitative estimate of drug-likeness (QED) is 0.825. The molecule has 1 fully saturated rings. The molecule has 1 aliphatic carbocycles. The Kier molecular flexibility index (Phi) is 3.52. The molecule has 1 heterocycles. The molecule has 0 spiro atoms. The van der Waals surface area contributed by atoms with Crippen LogP contribution in [-0.2, 0) is 4.79 Å². The zero-order chi connectivity index (χ0) is 13.2. The standard InChI is InChI=1S/C13H20N4O/c1-3-17(4-2)11-6-5-10(9-15-11)16-12(18)13(14)7-8-13/h5-6,9H,3-4,7-8,14H2,1-2H3,(H,16,18). The van der Waals surface area contributed by atoms with Gasteiger partial charge in [0, 0.05) is 13.1 Å². The molecule has 0 aromatic carbocycles. The summed E-state index contributed by atoms with van der Waals surface area (Å²) < 4.78 is 0. The summed E-state index contributed by atoms with van der Waals surface area (Å²) in [5.41, 5.74) is 5.88. The second-order valence-corrected chi connectivity index (χ2v) is 4.69. The Morgan fingerprint density at radius 1 is 1.44 bits per heavy atom. The number of nitrogens with two attached hydrogens (primary N) is 1. The fraction of sp³-hybridized carbons (Fsp3) is 0.538. The first kappa shape index (κ1) is 12.8. The summed E-state index contributed by atoms with van der Waals surface area (Å²) >= 11 is 0. The summed E-state index contributed by atoms with van der Waals surface area (Å²) in [5.74, 6) is 0.812. The summed E-state index contributed by atoms with van der Waals surface area (Å²) in [4.78, 5) is 18.2. The normalized spacial score (nSPS) is 16.2. The number of pyridine rings is 1. The number of hydrogen-bond donors (Lipinski definition) is 2. The van der Waals surface area contributed by atoms with Crippen molar-refractivity contribution in [3.8, 4) is 0 Å². The number of anilines is 2. The van der Waals surface area contributed by atoms with E-state index in [0.29, 0.717) is 5.69 Å². The Morgan fingerprint density at radius 2 is 2.11 bits per heavy atom. The summed E-state index contributed by atoms with van der Waals surface area (Å²) in [5, 5.41) is 2.80. The lowest BCUT2D eigenvalue weighted by molar-refractivity contribution is -0.118. The maximum atomic E-state index is 11.8. The maximum absolute atomic E-state index is 11.8. The summed E-state index contributed by atoms with van der Waals surface area (Å²) in [7, 11) is 0. The maximum Gasteiger partial charge on any atom is 0.244 e. The molecule has 0 unspecified atom stereocenters. The zero-order valence-corrected chi connectivity index (χ0v) is 10.9. The number of hydrogen-bond acceptors (Lipinski definition) is 4. The van der Waals surface area contributed by atoms with Crippen molar-refractivity contribution in [3.63, 3.8) is 0 Å². The Bertz CT molecular complexity index is 421. The zero-order valence-electron chi connectivity index (χ0n) is 10.9. The highest BCUT2D eigenvalue weighted by atomic mass is 16.2. The second kappa shape index (κ2) is 4.94. The van der Waals surface area contributed by atoms with E-state index in [1.807, 2.05) is 12.1 Å². The van der Waals surface area contributed by atoms with Gasteiger partial charge in [0.2, 0.25) is 5.91 Å². The number of nitrogens with zero attached hydrogens (tertiary/aromatic N) is 2. The molecule has 0 aliphatic heterocycles. The second-order valence-electron chi connectivity index (χ2n) is 4.69. The average Bonchev–Trinajstić information content (AvgIpc) is 3.12. The fourth-order valence-corrected chi connectivity index (χ4v) is 1.81.